The van der Waals surface area contributed by atoms with E-state index in [0.29, 0.717) is 19.5 Å². The molecule has 0 aliphatic rings. The Morgan fingerprint density at radius 1 is 1.38 bits per heavy atom. The van der Waals surface area contributed by atoms with Gasteiger partial charge in [0.25, 0.3) is 0 Å². The summed E-state index contributed by atoms with van der Waals surface area (Å²) in [5, 5.41) is 2.77. The molecular formula is C8H18N4O. The molecule has 5 heteroatoms. The van der Waals surface area contributed by atoms with Gasteiger partial charge in [-0.2, -0.15) is 0 Å². The van der Waals surface area contributed by atoms with E-state index in [9.17, 15) is 4.79 Å². The smallest absolute Gasteiger partial charge is 0.219 e. The highest BCUT2D eigenvalue weighted by Gasteiger charge is 1.94. The van der Waals surface area contributed by atoms with E-state index in [1.807, 2.05) is 6.92 Å². The van der Waals surface area contributed by atoms with Crippen LogP contribution < -0.4 is 16.8 Å². The average molecular weight is 186 g/mol. The Balaban J connectivity index is 3.18. The molecule has 13 heavy (non-hydrogen) atoms. The molecule has 0 bridgehead atoms. The summed E-state index contributed by atoms with van der Waals surface area (Å²) in [5.74, 6) is 0.208. The molecule has 0 heterocycles. The van der Waals surface area contributed by atoms with Crippen molar-refractivity contribution in [3.05, 3.63) is 0 Å². The third kappa shape index (κ3) is 8.65. The second-order valence-corrected chi connectivity index (χ2v) is 2.72. The third-order valence-corrected chi connectivity index (χ3v) is 1.52. The van der Waals surface area contributed by atoms with Gasteiger partial charge in [-0.25, -0.2) is 0 Å². The number of hydrogen-bond donors (Lipinski definition) is 3. The summed E-state index contributed by atoms with van der Waals surface area (Å²) in [6, 6.07) is 0. The van der Waals surface area contributed by atoms with Gasteiger partial charge in [-0.05, 0) is 12.8 Å². The number of unbranched alkanes of at least 4 members (excludes halogenated alkanes) is 1. The Labute approximate surface area is 78.6 Å². The van der Waals surface area contributed by atoms with Crippen molar-refractivity contribution >= 4 is 11.9 Å². The van der Waals surface area contributed by atoms with Crippen LogP contribution in [-0.2, 0) is 4.79 Å². The Hall–Kier alpha value is -1.26. The molecule has 5 N–H and O–H groups in total. The summed E-state index contributed by atoms with van der Waals surface area (Å²) >= 11 is 0. The van der Waals surface area contributed by atoms with Gasteiger partial charge in [-0.3, -0.25) is 9.79 Å². The van der Waals surface area contributed by atoms with Crippen LogP contribution in [0.4, 0.5) is 0 Å². The van der Waals surface area contributed by atoms with E-state index < -0.39 is 0 Å². The number of hydrogen-bond acceptors (Lipinski definition) is 2. The van der Waals surface area contributed by atoms with E-state index in [4.69, 9.17) is 11.5 Å². The number of amides is 1. The van der Waals surface area contributed by atoms with Crippen LogP contribution in [0.1, 0.15) is 26.2 Å². The number of nitrogens with two attached hydrogens (primary N) is 2. The molecule has 0 radical (unpaired) electrons. The second kappa shape index (κ2) is 7.39. The first-order valence-corrected chi connectivity index (χ1v) is 4.49. The second-order valence-electron chi connectivity index (χ2n) is 2.72. The molecule has 0 unspecified atom stereocenters. The summed E-state index contributed by atoms with van der Waals surface area (Å²) < 4.78 is 0. The van der Waals surface area contributed by atoms with E-state index in [1.165, 1.54) is 0 Å². The fourth-order valence-electron chi connectivity index (χ4n) is 0.798. The molecule has 0 aromatic heterocycles. The quantitative estimate of drug-likeness (QED) is 0.298. The molecule has 0 fully saturated rings. The minimum atomic E-state index is 0.0850. The van der Waals surface area contributed by atoms with E-state index in [-0.39, 0.29) is 11.9 Å². The van der Waals surface area contributed by atoms with Crippen LogP contribution in [0.25, 0.3) is 0 Å². The van der Waals surface area contributed by atoms with Gasteiger partial charge < -0.3 is 16.8 Å². The van der Waals surface area contributed by atoms with Crippen LogP contribution in [-0.4, -0.2) is 25.0 Å². The zero-order valence-electron chi connectivity index (χ0n) is 8.05. The number of carbonyl (C=O) groups excluding carboxylic acids is 1. The van der Waals surface area contributed by atoms with Gasteiger partial charge in [-0.1, -0.05) is 6.92 Å². The average Bonchev–Trinajstić information content (AvgIpc) is 2.10. The van der Waals surface area contributed by atoms with Gasteiger partial charge >= 0.3 is 0 Å². The highest BCUT2D eigenvalue weighted by molar-refractivity contribution is 5.75. The van der Waals surface area contributed by atoms with Crippen LogP contribution >= 0.6 is 0 Å². The lowest BCUT2D eigenvalue weighted by atomic mass is 10.3. The van der Waals surface area contributed by atoms with Crippen molar-refractivity contribution in [1.82, 2.24) is 5.32 Å². The normalized spacial score (nSPS) is 9.31. The molecular weight excluding hydrogens is 168 g/mol. The van der Waals surface area contributed by atoms with Crippen molar-refractivity contribution in [2.45, 2.75) is 26.2 Å². The SMILES string of the molecule is CCC(=O)NCCCCN=C(N)N. The molecule has 0 rings (SSSR count). The van der Waals surface area contributed by atoms with Crippen molar-refractivity contribution in [3.63, 3.8) is 0 Å². The van der Waals surface area contributed by atoms with Crippen molar-refractivity contribution in [1.29, 1.82) is 0 Å². The summed E-state index contributed by atoms with van der Waals surface area (Å²) in [6.45, 7) is 3.16. The largest absolute Gasteiger partial charge is 0.370 e. The van der Waals surface area contributed by atoms with Crippen LogP contribution in [0.2, 0.25) is 0 Å². The Morgan fingerprint density at radius 3 is 2.62 bits per heavy atom. The zero-order valence-corrected chi connectivity index (χ0v) is 8.05. The van der Waals surface area contributed by atoms with Crippen molar-refractivity contribution < 1.29 is 4.79 Å². The summed E-state index contributed by atoms with van der Waals surface area (Å²) in [6.07, 6.45) is 2.33. The maximum absolute atomic E-state index is 10.8. The Morgan fingerprint density at radius 2 is 2.08 bits per heavy atom. The maximum atomic E-state index is 10.8. The minimum Gasteiger partial charge on any atom is -0.370 e. The number of nitrogens with one attached hydrogen (secondary N) is 1. The summed E-state index contributed by atoms with van der Waals surface area (Å²) in [4.78, 5) is 14.6. The van der Waals surface area contributed by atoms with Gasteiger partial charge in [0, 0.05) is 19.5 Å². The first-order valence-electron chi connectivity index (χ1n) is 4.49. The monoisotopic (exact) mass is 186 g/mol. The number of guanidine groups is 1. The molecule has 0 aromatic carbocycles. The van der Waals surface area contributed by atoms with Crippen molar-refractivity contribution in [2.75, 3.05) is 13.1 Å². The van der Waals surface area contributed by atoms with E-state index >= 15 is 0 Å². The molecule has 0 saturated carbocycles. The predicted molar refractivity (Wildman–Crippen MR) is 53.2 cm³/mol. The highest BCUT2D eigenvalue weighted by atomic mass is 16.1. The Bertz CT molecular complexity index is 175. The van der Waals surface area contributed by atoms with Gasteiger partial charge in [0.2, 0.25) is 5.91 Å². The predicted octanol–water partition coefficient (Wildman–Crippen LogP) is -0.434. The van der Waals surface area contributed by atoms with Crippen LogP contribution in [0.3, 0.4) is 0 Å². The first-order chi connectivity index (χ1) is 6.16. The molecule has 0 atom stereocenters. The lowest BCUT2D eigenvalue weighted by Crippen LogP contribution is -2.24. The van der Waals surface area contributed by atoms with E-state index in [0.717, 1.165) is 12.8 Å². The van der Waals surface area contributed by atoms with Crippen molar-refractivity contribution in [2.24, 2.45) is 16.5 Å². The standard InChI is InChI=1S/C8H18N4O/c1-2-7(13)11-5-3-4-6-12-8(9)10/h2-6H2,1H3,(H,11,13)(H4,9,10,12). The Kier molecular flexibility index (Phi) is 6.68. The van der Waals surface area contributed by atoms with Gasteiger partial charge in [0.05, 0.1) is 0 Å². The molecule has 0 aliphatic heterocycles. The fraction of sp³-hybridized carbons (Fsp3) is 0.750. The summed E-state index contributed by atoms with van der Waals surface area (Å²) in [7, 11) is 0. The van der Waals surface area contributed by atoms with E-state index in [1.54, 1.807) is 0 Å². The summed E-state index contributed by atoms with van der Waals surface area (Å²) in [5.41, 5.74) is 10.3. The lowest BCUT2D eigenvalue weighted by Gasteiger charge is -2.01. The molecule has 1 amide bonds. The van der Waals surface area contributed by atoms with Gasteiger partial charge in [-0.15, -0.1) is 0 Å². The van der Waals surface area contributed by atoms with Crippen LogP contribution in [0.15, 0.2) is 4.99 Å². The molecule has 5 nitrogen and oxygen atoms in total. The van der Waals surface area contributed by atoms with Crippen LogP contribution in [0, 0.1) is 0 Å². The number of carbonyl (C=O) groups is 1. The fourth-order valence-corrected chi connectivity index (χ4v) is 0.798. The number of nitrogens with zero attached hydrogens (tertiary/aromatic N) is 1. The van der Waals surface area contributed by atoms with Gasteiger partial charge in [0.15, 0.2) is 5.96 Å². The van der Waals surface area contributed by atoms with E-state index in [2.05, 4.69) is 10.3 Å². The molecule has 0 saturated heterocycles. The topological polar surface area (TPSA) is 93.5 Å². The number of rotatable bonds is 6. The lowest BCUT2D eigenvalue weighted by molar-refractivity contribution is -0.120. The molecule has 0 aliphatic carbocycles. The molecule has 76 valence electrons. The zero-order chi connectivity index (χ0) is 10.1. The third-order valence-electron chi connectivity index (χ3n) is 1.52. The molecule has 0 spiro atoms. The first kappa shape index (κ1) is 11.7. The highest BCUT2D eigenvalue weighted by Crippen LogP contribution is 1.87. The number of aliphatic imine (C=N–C) groups is 1. The molecule has 0 aromatic rings. The van der Waals surface area contributed by atoms with Crippen LogP contribution in [0.5, 0.6) is 0 Å². The minimum absolute atomic E-state index is 0.0850. The van der Waals surface area contributed by atoms with Gasteiger partial charge in [0.1, 0.15) is 0 Å². The van der Waals surface area contributed by atoms with Crippen molar-refractivity contribution in [3.8, 4) is 0 Å². The maximum Gasteiger partial charge on any atom is 0.219 e.